The van der Waals surface area contributed by atoms with E-state index in [4.69, 9.17) is 16.3 Å². The highest BCUT2D eigenvalue weighted by Crippen LogP contribution is 2.23. The molecular formula is C15H12ClN3O. The number of benzene rings is 2. The van der Waals surface area contributed by atoms with Gasteiger partial charge in [0, 0.05) is 6.07 Å². The van der Waals surface area contributed by atoms with E-state index in [-0.39, 0.29) is 0 Å². The fourth-order valence-electron chi connectivity index (χ4n) is 1.89. The summed E-state index contributed by atoms with van der Waals surface area (Å²) < 4.78 is 7.64. The maximum Gasteiger partial charge on any atom is 0.152 e. The largest absolute Gasteiger partial charge is 0.457 e. The molecule has 0 fully saturated rings. The van der Waals surface area contributed by atoms with Crippen LogP contribution in [-0.4, -0.2) is 14.8 Å². The third-order valence-electron chi connectivity index (χ3n) is 2.81. The Morgan fingerprint density at radius 3 is 2.60 bits per heavy atom. The van der Waals surface area contributed by atoms with Crippen LogP contribution in [0.25, 0.3) is 5.69 Å². The third kappa shape index (κ3) is 2.65. The summed E-state index contributed by atoms with van der Waals surface area (Å²) in [6.07, 6.45) is 1.64. The highest BCUT2D eigenvalue weighted by atomic mass is 35.5. The Bertz CT molecular complexity index is 697. The number of alkyl halides is 1. The Balaban J connectivity index is 1.90. The molecule has 4 nitrogen and oxygen atoms in total. The van der Waals surface area contributed by atoms with Gasteiger partial charge in [-0.25, -0.2) is 0 Å². The average molecular weight is 286 g/mol. The van der Waals surface area contributed by atoms with Crippen LogP contribution >= 0.6 is 11.6 Å². The van der Waals surface area contributed by atoms with Crippen molar-refractivity contribution in [2.24, 2.45) is 0 Å². The number of ether oxygens (including phenoxy) is 1. The van der Waals surface area contributed by atoms with E-state index >= 15 is 0 Å². The van der Waals surface area contributed by atoms with Crippen molar-refractivity contribution in [1.82, 2.24) is 14.8 Å². The van der Waals surface area contributed by atoms with Crippen molar-refractivity contribution in [3.8, 4) is 17.2 Å². The highest BCUT2D eigenvalue weighted by Gasteiger charge is 2.06. The second-order valence-electron chi connectivity index (χ2n) is 4.16. The zero-order chi connectivity index (χ0) is 13.8. The first-order chi connectivity index (χ1) is 9.86. The Morgan fingerprint density at radius 2 is 1.80 bits per heavy atom. The summed E-state index contributed by atoms with van der Waals surface area (Å²) in [5.74, 6) is 2.56. The first-order valence-electron chi connectivity index (χ1n) is 6.15. The molecule has 0 spiro atoms. The molecule has 0 amide bonds. The van der Waals surface area contributed by atoms with Gasteiger partial charge in [0.25, 0.3) is 0 Å². The van der Waals surface area contributed by atoms with Crippen LogP contribution in [0.2, 0.25) is 0 Å². The summed E-state index contributed by atoms with van der Waals surface area (Å²) in [4.78, 5) is 0. The second-order valence-corrected chi connectivity index (χ2v) is 4.43. The first-order valence-corrected chi connectivity index (χ1v) is 6.68. The van der Waals surface area contributed by atoms with Crippen LogP contribution in [0.15, 0.2) is 60.9 Å². The van der Waals surface area contributed by atoms with Crippen molar-refractivity contribution in [1.29, 1.82) is 0 Å². The number of aromatic nitrogens is 3. The third-order valence-corrected chi connectivity index (χ3v) is 3.05. The molecule has 0 atom stereocenters. The Labute approximate surface area is 121 Å². The molecule has 3 rings (SSSR count). The molecule has 0 bridgehead atoms. The fourth-order valence-corrected chi connectivity index (χ4v) is 2.07. The van der Waals surface area contributed by atoms with E-state index in [0.29, 0.717) is 11.7 Å². The molecular weight excluding hydrogens is 274 g/mol. The van der Waals surface area contributed by atoms with Crippen molar-refractivity contribution in [2.75, 3.05) is 0 Å². The molecule has 100 valence electrons. The standard InChI is InChI=1S/C15H12ClN3O/c16-10-15-18-17-11-19(15)12-5-4-8-14(9-12)20-13-6-2-1-3-7-13/h1-9,11H,10H2. The summed E-state index contributed by atoms with van der Waals surface area (Å²) in [6.45, 7) is 0. The molecule has 2 aromatic carbocycles. The minimum absolute atomic E-state index is 0.309. The number of para-hydroxylation sites is 1. The van der Waals surface area contributed by atoms with Gasteiger partial charge in [0.1, 0.15) is 17.8 Å². The van der Waals surface area contributed by atoms with Gasteiger partial charge in [0.15, 0.2) is 5.82 Å². The van der Waals surface area contributed by atoms with Gasteiger partial charge in [-0.2, -0.15) is 0 Å². The summed E-state index contributed by atoms with van der Waals surface area (Å²) in [6, 6.07) is 17.4. The van der Waals surface area contributed by atoms with E-state index in [0.717, 1.165) is 17.2 Å². The molecule has 0 aliphatic rings. The van der Waals surface area contributed by atoms with Crippen LogP contribution in [0, 0.1) is 0 Å². The molecule has 20 heavy (non-hydrogen) atoms. The monoisotopic (exact) mass is 285 g/mol. The molecule has 0 radical (unpaired) electrons. The number of halogens is 1. The SMILES string of the molecule is ClCc1nncn1-c1cccc(Oc2ccccc2)c1. The topological polar surface area (TPSA) is 39.9 Å². The van der Waals surface area contributed by atoms with Crippen LogP contribution < -0.4 is 4.74 Å². The van der Waals surface area contributed by atoms with Crippen molar-refractivity contribution < 1.29 is 4.74 Å². The quantitative estimate of drug-likeness (QED) is 0.685. The van der Waals surface area contributed by atoms with Gasteiger partial charge in [0.05, 0.1) is 11.6 Å². The van der Waals surface area contributed by atoms with Gasteiger partial charge in [-0.1, -0.05) is 24.3 Å². The molecule has 1 heterocycles. The number of hydrogen-bond donors (Lipinski definition) is 0. The molecule has 0 unspecified atom stereocenters. The lowest BCUT2D eigenvalue weighted by molar-refractivity contribution is 0.482. The van der Waals surface area contributed by atoms with E-state index in [2.05, 4.69) is 10.2 Å². The smallest absolute Gasteiger partial charge is 0.152 e. The molecule has 0 saturated heterocycles. The van der Waals surface area contributed by atoms with Crippen molar-refractivity contribution in [2.45, 2.75) is 5.88 Å². The van der Waals surface area contributed by atoms with E-state index in [1.165, 1.54) is 0 Å². The Kier molecular flexibility index (Phi) is 3.65. The second kappa shape index (κ2) is 5.75. The Morgan fingerprint density at radius 1 is 1.00 bits per heavy atom. The van der Waals surface area contributed by atoms with Gasteiger partial charge < -0.3 is 4.74 Å². The first kappa shape index (κ1) is 12.7. The predicted molar refractivity (Wildman–Crippen MR) is 77.4 cm³/mol. The summed E-state index contributed by atoms with van der Waals surface area (Å²) in [7, 11) is 0. The number of hydrogen-bond acceptors (Lipinski definition) is 3. The summed E-state index contributed by atoms with van der Waals surface area (Å²) in [5, 5.41) is 7.84. The van der Waals surface area contributed by atoms with Gasteiger partial charge in [-0.05, 0) is 24.3 Å². The lowest BCUT2D eigenvalue weighted by atomic mass is 10.3. The normalized spacial score (nSPS) is 10.4. The van der Waals surface area contributed by atoms with Gasteiger partial charge >= 0.3 is 0 Å². The lowest BCUT2D eigenvalue weighted by Gasteiger charge is -2.09. The maximum absolute atomic E-state index is 5.84. The lowest BCUT2D eigenvalue weighted by Crippen LogP contribution is -1.98. The van der Waals surface area contributed by atoms with Gasteiger partial charge in [0.2, 0.25) is 0 Å². The minimum Gasteiger partial charge on any atom is -0.457 e. The average Bonchev–Trinajstić information content (AvgIpc) is 2.97. The molecule has 0 aliphatic heterocycles. The molecule has 5 heteroatoms. The van der Waals surface area contributed by atoms with Crippen molar-refractivity contribution >= 4 is 11.6 Å². The fraction of sp³-hybridized carbons (Fsp3) is 0.0667. The van der Waals surface area contributed by atoms with Crippen LogP contribution in [0.5, 0.6) is 11.5 Å². The molecule has 3 aromatic rings. The zero-order valence-corrected chi connectivity index (χ0v) is 11.4. The van der Waals surface area contributed by atoms with E-state index < -0.39 is 0 Å². The predicted octanol–water partition coefficient (Wildman–Crippen LogP) is 3.80. The van der Waals surface area contributed by atoms with Crippen LogP contribution in [-0.2, 0) is 5.88 Å². The Hall–Kier alpha value is -2.33. The minimum atomic E-state index is 0.309. The van der Waals surface area contributed by atoms with Crippen LogP contribution in [0.1, 0.15) is 5.82 Å². The van der Waals surface area contributed by atoms with E-state index in [1.54, 1.807) is 6.33 Å². The summed E-state index contributed by atoms with van der Waals surface area (Å²) >= 11 is 5.84. The van der Waals surface area contributed by atoms with E-state index in [9.17, 15) is 0 Å². The number of nitrogens with zero attached hydrogens (tertiary/aromatic N) is 3. The van der Waals surface area contributed by atoms with Crippen LogP contribution in [0.3, 0.4) is 0 Å². The van der Waals surface area contributed by atoms with Crippen molar-refractivity contribution in [3.63, 3.8) is 0 Å². The molecule has 0 aliphatic carbocycles. The summed E-state index contributed by atoms with van der Waals surface area (Å²) in [5.41, 5.74) is 0.916. The zero-order valence-electron chi connectivity index (χ0n) is 10.6. The molecule has 1 aromatic heterocycles. The van der Waals surface area contributed by atoms with Gasteiger partial charge in [-0.3, -0.25) is 4.57 Å². The van der Waals surface area contributed by atoms with Crippen LogP contribution in [0.4, 0.5) is 0 Å². The highest BCUT2D eigenvalue weighted by molar-refractivity contribution is 6.16. The maximum atomic E-state index is 5.84. The van der Waals surface area contributed by atoms with E-state index in [1.807, 2.05) is 59.2 Å². The molecule has 0 saturated carbocycles. The molecule has 0 N–H and O–H groups in total. The number of rotatable bonds is 4. The van der Waals surface area contributed by atoms with Crippen molar-refractivity contribution in [3.05, 3.63) is 66.7 Å². The van der Waals surface area contributed by atoms with Gasteiger partial charge in [-0.15, -0.1) is 21.8 Å².